The van der Waals surface area contributed by atoms with Gasteiger partial charge in [0.1, 0.15) is 5.65 Å². The SMILES string of the molecule is CCN(CCO)CCC(F)(F)Oc1ccc(-c2cccc(SC3CC3)c2)c2c1[nH]c1ncc(C)cc12. The van der Waals surface area contributed by atoms with Crippen molar-refractivity contribution in [2.75, 3.05) is 26.2 Å². The Hall–Kier alpha value is -2.68. The van der Waals surface area contributed by atoms with E-state index in [2.05, 4.69) is 34.2 Å². The largest absolute Gasteiger partial charge is 0.430 e. The fourth-order valence-electron chi connectivity index (χ4n) is 4.48. The molecule has 1 aliphatic carbocycles. The predicted molar refractivity (Wildman–Crippen MR) is 142 cm³/mol. The van der Waals surface area contributed by atoms with Crippen molar-refractivity contribution >= 4 is 33.7 Å². The van der Waals surface area contributed by atoms with Crippen LogP contribution in [0, 0.1) is 6.92 Å². The van der Waals surface area contributed by atoms with Gasteiger partial charge in [0.2, 0.25) is 0 Å². The molecule has 0 aliphatic heterocycles. The molecule has 0 saturated heterocycles. The zero-order valence-corrected chi connectivity index (χ0v) is 21.4. The van der Waals surface area contributed by atoms with E-state index >= 15 is 0 Å². The molecule has 5 nitrogen and oxygen atoms in total. The van der Waals surface area contributed by atoms with Gasteiger partial charge in [-0.2, -0.15) is 8.78 Å². The van der Waals surface area contributed by atoms with Crippen molar-refractivity contribution in [3.8, 4) is 16.9 Å². The fourth-order valence-corrected chi connectivity index (χ4v) is 5.58. The Morgan fingerprint density at radius 2 is 2.03 bits per heavy atom. The summed E-state index contributed by atoms with van der Waals surface area (Å²) in [5.74, 6) is 0.100. The first-order valence-corrected chi connectivity index (χ1v) is 13.3. The maximum Gasteiger partial charge on any atom is 0.399 e. The van der Waals surface area contributed by atoms with Gasteiger partial charge < -0.3 is 19.7 Å². The van der Waals surface area contributed by atoms with Crippen molar-refractivity contribution in [1.82, 2.24) is 14.9 Å². The molecule has 1 aliphatic rings. The normalized spacial score (nSPS) is 14.3. The highest BCUT2D eigenvalue weighted by Gasteiger charge is 2.33. The minimum absolute atomic E-state index is 0.0653. The van der Waals surface area contributed by atoms with Gasteiger partial charge in [-0.1, -0.05) is 19.1 Å². The second-order valence-electron chi connectivity index (χ2n) is 9.39. The average molecular weight is 512 g/mol. The number of rotatable bonds is 11. The van der Waals surface area contributed by atoms with E-state index < -0.39 is 12.5 Å². The van der Waals surface area contributed by atoms with E-state index in [0.717, 1.165) is 27.5 Å². The number of aliphatic hydroxyl groups excluding tert-OH is 1. The number of aromatic amines is 1. The molecule has 2 N–H and O–H groups in total. The lowest BCUT2D eigenvalue weighted by Crippen LogP contribution is -2.34. The summed E-state index contributed by atoms with van der Waals surface area (Å²) < 4.78 is 35.2. The zero-order chi connectivity index (χ0) is 25.3. The van der Waals surface area contributed by atoms with Crippen molar-refractivity contribution in [3.05, 3.63) is 54.2 Å². The third-order valence-corrected chi connectivity index (χ3v) is 7.85. The monoisotopic (exact) mass is 511 g/mol. The van der Waals surface area contributed by atoms with Crippen LogP contribution in [0.4, 0.5) is 8.78 Å². The lowest BCUT2D eigenvalue weighted by molar-refractivity contribution is -0.182. The third kappa shape index (κ3) is 5.51. The summed E-state index contributed by atoms with van der Waals surface area (Å²) in [7, 11) is 0. The number of aryl methyl sites for hydroxylation is 1. The number of benzene rings is 2. The second kappa shape index (κ2) is 10.4. The summed E-state index contributed by atoms with van der Waals surface area (Å²) in [5, 5.41) is 11.6. The Labute approximate surface area is 213 Å². The number of alkyl halides is 2. The molecule has 0 radical (unpaired) electrons. The number of fused-ring (bicyclic) bond motifs is 3. The number of H-pyrrole nitrogens is 1. The predicted octanol–water partition coefficient (Wildman–Crippen LogP) is 6.62. The summed E-state index contributed by atoms with van der Waals surface area (Å²) in [6.45, 7) is 4.86. The van der Waals surface area contributed by atoms with Gasteiger partial charge in [-0.25, -0.2) is 4.98 Å². The standard InChI is InChI=1S/C28H31F2N3O2S/c1-3-33(13-14-34)12-11-28(29,30)35-24-10-9-22(19-5-4-6-21(16-19)36-20-7-8-20)25-23-15-18(2)17-31-27(23)32-26(24)25/h4-6,9-10,15-17,20,34H,3,7-8,11-14H2,1-2H3,(H,31,32). The highest BCUT2D eigenvalue weighted by atomic mass is 32.2. The molecule has 0 spiro atoms. The Balaban J connectivity index is 1.54. The molecule has 1 fully saturated rings. The Kier molecular flexibility index (Phi) is 7.19. The number of likely N-dealkylation sites (N-methyl/N-ethyl adjacent to an activating group) is 1. The van der Waals surface area contributed by atoms with E-state index in [9.17, 15) is 8.78 Å². The van der Waals surface area contributed by atoms with Gasteiger partial charge in [-0.3, -0.25) is 0 Å². The lowest BCUT2D eigenvalue weighted by atomic mass is 9.99. The maximum atomic E-state index is 15.0. The van der Waals surface area contributed by atoms with E-state index in [4.69, 9.17) is 9.84 Å². The van der Waals surface area contributed by atoms with Gasteiger partial charge in [0.15, 0.2) is 5.75 Å². The molecule has 4 aromatic rings. The molecule has 36 heavy (non-hydrogen) atoms. The summed E-state index contributed by atoms with van der Waals surface area (Å²) in [6.07, 6.45) is 0.437. The first-order chi connectivity index (χ1) is 17.4. The van der Waals surface area contributed by atoms with Crippen molar-refractivity contribution in [1.29, 1.82) is 0 Å². The molecule has 8 heteroatoms. The van der Waals surface area contributed by atoms with Crippen molar-refractivity contribution in [2.24, 2.45) is 0 Å². The minimum Gasteiger partial charge on any atom is -0.430 e. The molecule has 0 amide bonds. The average Bonchev–Trinajstić information content (AvgIpc) is 3.59. The number of nitrogens with one attached hydrogen (secondary N) is 1. The smallest absolute Gasteiger partial charge is 0.399 e. The highest BCUT2D eigenvalue weighted by molar-refractivity contribution is 8.00. The van der Waals surface area contributed by atoms with Crippen molar-refractivity contribution in [2.45, 2.75) is 49.4 Å². The van der Waals surface area contributed by atoms with Crippen LogP contribution in [0.1, 0.15) is 31.7 Å². The molecular formula is C28H31F2N3O2S. The van der Waals surface area contributed by atoms with Crippen LogP contribution >= 0.6 is 11.8 Å². The number of aliphatic hydroxyl groups is 1. The van der Waals surface area contributed by atoms with Crippen LogP contribution in [0.5, 0.6) is 5.75 Å². The highest BCUT2D eigenvalue weighted by Crippen LogP contribution is 2.43. The number of halogens is 2. The van der Waals surface area contributed by atoms with Gasteiger partial charge in [0.05, 0.1) is 18.5 Å². The lowest BCUT2D eigenvalue weighted by Gasteiger charge is -2.24. The molecule has 2 aromatic heterocycles. The van der Waals surface area contributed by atoms with Crippen LogP contribution in [0.2, 0.25) is 0 Å². The number of ether oxygens (including phenoxy) is 1. The third-order valence-electron chi connectivity index (χ3n) is 6.52. The molecule has 1 saturated carbocycles. The van der Waals surface area contributed by atoms with Crippen molar-refractivity contribution in [3.63, 3.8) is 0 Å². The number of pyridine rings is 1. The minimum atomic E-state index is -3.36. The maximum absolute atomic E-state index is 15.0. The summed E-state index contributed by atoms with van der Waals surface area (Å²) in [4.78, 5) is 10.7. The molecule has 5 rings (SSSR count). The molecule has 0 unspecified atom stereocenters. The second-order valence-corrected chi connectivity index (χ2v) is 10.8. The number of thioether (sulfide) groups is 1. The van der Waals surface area contributed by atoms with E-state index in [1.165, 1.54) is 17.7 Å². The van der Waals surface area contributed by atoms with E-state index in [1.807, 2.05) is 37.7 Å². The topological polar surface area (TPSA) is 61.4 Å². The molecule has 2 heterocycles. The van der Waals surface area contributed by atoms with Crippen LogP contribution in [-0.4, -0.2) is 57.6 Å². The number of nitrogens with zero attached hydrogens (tertiary/aromatic N) is 2. The number of hydrogen-bond donors (Lipinski definition) is 2. The van der Waals surface area contributed by atoms with Crippen LogP contribution in [-0.2, 0) is 0 Å². The number of hydrogen-bond acceptors (Lipinski definition) is 5. The Morgan fingerprint density at radius 1 is 1.19 bits per heavy atom. The first-order valence-electron chi connectivity index (χ1n) is 12.4. The Morgan fingerprint density at radius 3 is 2.78 bits per heavy atom. The molecule has 0 atom stereocenters. The molecular weight excluding hydrogens is 480 g/mol. The van der Waals surface area contributed by atoms with Gasteiger partial charge in [-0.05, 0) is 73.3 Å². The van der Waals surface area contributed by atoms with Gasteiger partial charge in [0.25, 0.3) is 0 Å². The van der Waals surface area contributed by atoms with Crippen LogP contribution in [0.15, 0.2) is 53.6 Å². The molecule has 2 aromatic carbocycles. The number of aromatic nitrogens is 2. The quantitative estimate of drug-likeness (QED) is 0.237. The van der Waals surface area contributed by atoms with E-state index in [-0.39, 0.29) is 18.9 Å². The zero-order valence-electron chi connectivity index (χ0n) is 20.6. The van der Waals surface area contributed by atoms with E-state index in [1.54, 1.807) is 17.2 Å². The van der Waals surface area contributed by atoms with Crippen LogP contribution < -0.4 is 4.74 Å². The van der Waals surface area contributed by atoms with Crippen LogP contribution in [0.3, 0.4) is 0 Å². The summed E-state index contributed by atoms with van der Waals surface area (Å²) in [5.41, 5.74) is 4.14. The summed E-state index contributed by atoms with van der Waals surface area (Å²) >= 11 is 1.89. The molecule has 190 valence electrons. The van der Waals surface area contributed by atoms with Crippen molar-refractivity contribution < 1.29 is 18.6 Å². The first kappa shape index (κ1) is 25.0. The van der Waals surface area contributed by atoms with Gasteiger partial charge in [0, 0.05) is 40.2 Å². The van der Waals surface area contributed by atoms with Gasteiger partial charge in [-0.15, -0.1) is 11.8 Å². The van der Waals surface area contributed by atoms with Crippen LogP contribution in [0.25, 0.3) is 33.1 Å². The Bertz CT molecular complexity index is 1370. The van der Waals surface area contributed by atoms with Gasteiger partial charge >= 0.3 is 6.11 Å². The van der Waals surface area contributed by atoms with E-state index in [0.29, 0.717) is 29.5 Å². The molecule has 0 bridgehead atoms. The fraction of sp³-hybridized carbons (Fsp3) is 0.393. The summed E-state index contributed by atoms with van der Waals surface area (Å²) in [6, 6.07) is 13.9.